The maximum atomic E-state index is 13.8. The Kier molecular flexibility index (Phi) is 8.76. The Morgan fingerprint density at radius 1 is 1.02 bits per heavy atom. The lowest BCUT2D eigenvalue weighted by Crippen LogP contribution is -2.61. The molecule has 2 aromatic rings. The summed E-state index contributed by atoms with van der Waals surface area (Å²) in [4.78, 5) is 13.8. The minimum absolute atomic E-state index is 0.129. The molecule has 4 saturated carbocycles. The third-order valence-electron chi connectivity index (χ3n) is 10.0. The van der Waals surface area contributed by atoms with Gasteiger partial charge in [-0.1, -0.05) is 30.3 Å². The molecule has 5 fully saturated rings. The van der Waals surface area contributed by atoms with E-state index in [2.05, 4.69) is 16.0 Å². The zero-order valence-electron chi connectivity index (χ0n) is 24.8. The number of anilines is 2. The van der Waals surface area contributed by atoms with Crippen LogP contribution in [0.25, 0.3) is 0 Å². The van der Waals surface area contributed by atoms with Crippen molar-refractivity contribution in [2.24, 2.45) is 17.8 Å². The lowest BCUT2D eigenvalue weighted by Gasteiger charge is -2.57. The Morgan fingerprint density at radius 3 is 2.36 bits per heavy atom. The minimum atomic E-state index is -2.93. The lowest BCUT2D eigenvalue weighted by atomic mass is 9.53. The van der Waals surface area contributed by atoms with Crippen molar-refractivity contribution in [2.45, 2.75) is 82.4 Å². The second kappa shape index (κ2) is 12.4. The van der Waals surface area contributed by atoms with Crippen LogP contribution in [0.5, 0.6) is 0 Å². The number of aliphatic hydroxyl groups is 1. The molecular weight excluding hydrogens is 548 g/mol. The minimum Gasteiger partial charge on any atom is -0.390 e. The van der Waals surface area contributed by atoms with Crippen LogP contribution in [0.15, 0.2) is 48.5 Å². The van der Waals surface area contributed by atoms with Gasteiger partial charge in [-0.2, -0.15) is 0 Å². The summed E-state index contributed by atoms with van der Waals surface area (Å²) in [5, 5.41) is 21.9. The van der Waals surface area contributed by atoms with E-state index in [1.54, 1.807) is 16.4 Å². The van der Waals surface area contributed by atoms with E-state index >= 15 is 0 Å². The average Bonchev–Trinajstić information content (AvgIpc) is 2.95. The van der Waals surface area contributed by atoms with Gasteiger partial charge in [-0.05, 0) is 106 Å². The topological polar surface area (TPSA) is 117 Å². The van der Waals surface area contributed by atoms with Crippen LogP contribution in [0, 0.1) is 17.8 Å². The van der Waals surface area contributed by atoms with Crippen molar-refractivity contribution in [3.8, 4) is 0 Å². The van der Waals surface area contributed by atoms with Gasteiger partial charge in [-0.25, -0.2) is 0 Å². The van der Waals surface area contributed by atoms with Gasteiger partial charge in [0.25, 0.3) is 5.91 Å². The van der Waals surface area contributed by atoms with Crippen molar-refractivity contribution in [2.75, 3.05) is 35.0 Å². The molecule has 1 saturated heterocycles. The number of β-amino-alcohol motifs (C(OH)–C–C–N with tert-alkyl or cyclic N) is 1. The Labute approximate surface area is 252 Å². The molecule has 5 aliphatic rings. The molecule has 1 aliphatic heterocycles. The average molecular weight is 597 g/mol. The van der Waals surface area contributed by atoms with E-state index in [9.17, 15) is 19.0 Å². The van der Waals surface area contributed by atoms with E-state index in [4.69, 9.17) is 0 Å². The zero-order valence-corrected chi connectivity index (χ0v) is 25.6. The number of nitrogens with zero attached hydrogens (tertiary/aromatic N) is 1. The third kappa shape index (κ3) is 6.60. The molecule has 2 atom stereocenters. The predicted octanol–water partition coefficient (Wildman–Crippen LogP) is 5.64. The summed E-state index contributed by atoms with van der Waals surface area (Å²) in [7, 11) is -2.93. The monoisotopic (exact) mass is 596 g/mol. The number of carbonyl (C=O) groups excluding carboxylic acids is 1. The third-order valence-corrected chi connectivity index (χ3v) is 12.0. The van der Waals surface area contributed by atoms with Gasteiger partial charge in [0.15, 0.2) is 0 Å². The van der Waals surface area contributed by atoms with Gasteiger partial charge < -0.3 is 21.1 Å². The fraction of sp³-hybridized carbons (Fsp3) is 0.606. The first kappa shape index (κ1) is 29.8. The van der Waals surface area contributed by atoms with Crippen molar-refractivity contribution < 1.29 is 19.0 Å². The summed E-state index contributed by atoms with van der Waals surface area (Å²) < 4.78 is 23.2. The second-order valence-corrected chi connectivity index (χ2v) is 15.5. The zero-order chi connectivity index (χ0) is 29.3. The maximum Gasteiger partial charge on any atom is 0.251 e. The summed E-state index contributed by atoms with van der Waals surface area (Å²) in [6, 6.07) is 14.9. The van der Waals surface area contributed by atoms with Crippen LogP contribution in [0.2, 0.25) is 0 Å². The number of hydrogen-bond donors (Lipinski definition) is 6. The van der Waals surface area contributed by atoms with E-state index in [0.29, 0.717) is 43.1 Å². The first-order chi connectivity index (χ1) is 20.2. The van der Waals surface area contributed by atoms with E-state index in [0.717, 1.165) is 41.8 Å². The van der Waals surface area contributed by atoms with Gasteiger partial charge >= 0.3 is 0 Å². The molecule has 1 heterocycles. The van der Waals surface area contributed by atoms with Crippen molar-refractivity contribution in [3.05, 3.63) is 59.7 Å². The molecule has 9 heteroatoms. The first-order valence-corrected chi connectivity index (χ1v) is 17.6. The molecule has 0 radical (unpaired) electrons. The van der Waals surface area contributed by atoms with Crippen molar-refractivity contribution in [1.29, 1.82) is 0 Å². The highest BCUT2D eigenvalue weighted by Crippen LogP contribution is 2.55. The smallest absolute Gasteiger partial charge is 0.251 e. The van der Waals surface area contributed by atoms with Crippen LogP contribution in [-0.4, -0.2) is 63.2 Å². The van der Waals surface area contributed by atoms with Gasteiger partial charge in [0.1, 0.15) is 0 Å². The van der Waals surface area contributed by atoms with Gasteiger partial charge in [-0.3, -0.25) is 18.2 Å². The summed E-state index contributed by atoms with van der Waals surface area (Å²) in [5.41, 5.74) is 3.00. The Bertz CT molecular complexity index is 1210. The van der Waals surface area contributed by atoms with Crippen LogP contribution in [0.3, 0.4) is 0 Å². The Morgan fingerprint density at radius 2 is 1.71 bits per heavy atom. The molecular formula is C33H48N4O4S. The van der Waals surface area contributed by atoms with Crippen LogP contribution in [0.1, 0.15) is 74.2 Å². The molecule has 0 spiro atoms. The van der Waals surface area contributed by atoms with E-state index in [1.807, 2.05) is 43.3 Å². The van der Waals surface area contributed by atoms with Crippen molar-refractivity contribution in [3.63, 3.8) is 0 Å². The van der Waals surface area contributed by atoms with Crippen molar-refractivity contribution in [1.82, 2.24) is 10.6 Å². The van der Waals surface area contributed by atoms with Crippen LogP contribution < -0.4 is 20.3 Å². The largest absolute Gasteiger partial charge is 0.390 e. The standard InChI is InChI=1S/C33H48N4O4S/c1-2-34-28-16-27(17-29(18-28)37-10-6-7-11-42(37,40)41)32(39)36-30(15-23-8-4-3-5-9-23)31(38)22-35-33-19-24-12-25(20-33)14-26(13-24)21-33/h3-5,8-9,16-18,24-26,30-31,34-35,38,40-41H,2,6-7,10-15,19-22H2,1H3,(H,36,39)/t24?,25?,26?,30-,31-,33?/m0/s1. The summed E-state index contributed by atoms with van der Waals surface area (Å²) in [6.07, 6.45) is 9.13. The second-order valence-electron chi connectivity index (χ2n) is 13.4. The fourth-order valence-electron chi connectivity index (χ4n) is 8.49. The van der Waals surface area contributed by atoms with Gasteiger partial charge in [0, 0.05) is 36.4 Å². The SMILES string of the molecule is CCNc1cc(C(=O)N[C@@H](Cc2ccccc2)[C@@H](O)CNC23CC4CC(CC(C4)C2)C3)cc(N2CCCCS2(O)O)c1. The van der Waals surface area contributed by atoms with Crippen LogP contribution in [0.4, 0.5) is 11.4 Å². The van der Waals surface area contributed by atoms with Crippen LogP contribution >= 0.6 is 10.8 Å². The van der Waals surface area contributed by atoms with E-state index < -0.39 is 22.9 Å². The van der Waals surface area contributed by atoms with Gasteiger partial charge in [0.2, 0.25) is 0 Å². The van der Waals surface area contributed by atoms with Gasteiger partial charge in [-0.15, -0.1) is 10.8 Å². The number of rotatable bonds is 11. The molecule has 1 amide bonds. The normalized spacial score (nSPS) is 30.0. The van der Waals surface area contributed by atoms with Gasteiger partial charge in [0.05, 0.1) is 23.6 Å². The van der Waals surface area contributed by atoms with E-state index in [1.165, 1.54) is 38.5 Å². The molecule has 8 nitrogen and oxygen atoms in total. The predicted molar refractivity (Wildman–Crippen MR) is 171 cm³/mol. The quantitative estimate of drug-likeness (QED) is 0.199. The maximum absolute atomic E-state index is 13.8. The summed E-state index contributed by atoms with van der Waals surface area (Å²) in [6.45, 7) is 3.64. The molecule has 2 aromatic carbocycles. The Hall–Kier alpha value is -2.30. The summed E-state index contributed by atoms with van der Waals surface area (Å²) in [5.74, 6) is 2.51. The molecule has 4 bridgehead atoms. The van der Waals surface area contributed by atoms with Crippen molar-refractivity contribution >= 4 is 28.1 Å². The molecule has 230 valence electrons. The fourth-order valence-corrected chi connectivity index (χ4v) is 10.2. The number of aliphatic hydroxyl groups excluding tert-OH is 1. The molecule has 0 unspecified atom stereocenters. The van der Waals surface area contributed by atoms with E-state index in [-0.39, 0.29) is 11.4 Å². The number of benzene rings is 2. The summed E-state index contributed by atoms with van der Waals surface area (Å²) >= 11 is 0. The molecule has 0 aromatic heterocycles. The number of hydrogen-bond acceptors (Lipinski definition) is 7. The first-order valence-electron chi connectivity index (χ1n) is 15.9. The highest BCUT2D eigenvalue weighted by atomic mass is 32.3. The number of carbonyl (C=O) groups is 1. The highest BCUT2D eigenvalue weighted by molar-refractivity contribution is 8.25. The lowest BCUT2D eigenvalue weighted by molar-refractivity contribution is -0.0262. The highest BCUT2D eigenvalue weighted by Gasteiger charge is 2.50. The molecule has 7 rings (SSSR count). The molecule has 4 aliphatic carbocycles. The number of nitrogens with one attached hydrogen (secondary N) is 3. The number of amides is 1. The molecule has 6 N–H and O–H groups in total. The Balaban J connectivity index is 1.20. The van der Waals surface area contributed by atoms with Crippen LogP contribution in [-0.2, 0) is 6.42 Å². The molecule has 42 heavy (non-hydrogen) atoms.